The van der Waals surface area contributed by atoms with E-state index in [1.165, 1.54) is 11.8 Å². The lowest BCUT2D eigenvalue weighted by molar-refractivity contribution is -0.121. The summed E-state index contributed by atoms with van der Waals surface area (Å²) < 4.78 is 5.18. The van der Waals surface area contributed by atoms with Crippen LogP contribution in [0.15, 0.2) is 53.2 Å². The quantitative estimate of drug-likeness (QED) is 0.647. The van der Waals surface area contributed by atoms with Gasteiger partial charge in [0.15, 0.2) is 0 Å². The predicted molar refractivity (Wildman–Crippen MR) is 97.3 cm³/mol. The number of hydrogen-bond donors (Lipinski definition) is 2. The normalized spacial score (nSPS) is 10.4. The smallest absolute Gasteiger partial charge is 0.288 e. The third-order valence-corrected chi connectivity index (χ3v) is 3.87. The number of nitrogens with one attached hydrogen (secondary N) is 2. The van der Waals surface area contributed by atoms with Crippen LogP contribution in [0.4, 0.5) is 0 Å². The summed E-state index contributed by atoms with van der Waals surface area (Å²) in [6.07, 6.45) is 2.83. The van der Waals surface area contributed by atoms with Crippen molar-refractivity contribution in [2.45, 2.75) is 26.2 Å². The first-order chi connectivity index (χ1) is 13.2. The largest absolute Gasteiger partial charge is 0.339 e. The number of benzene rings is 1. The van der Waals surface area contributed by atoms with Crippen molar-refractivity contribution in [3.63, 3.8) is 0 Å². The summed E-state index contributed by atoms with van der Waals surface area (Å²) in [7, 11) is 0. The molecule has 0 aliphatic heterocycles. The van der Waals surface area contributed by atoms with E-state index in [4.69, 9.17) is 4.52 Å². The van der Waals surface area contributed by atoms with Crippen molar-refractivity contribution in [2.75, 3.05) is 0 Å². The van der Waals surface area contributed by atoms with Gasteiger partial charge in [0.05, 0.1) is 0 Å². The lowest BCUT2D eigenvalue weighted by atomic mass is 10.1. The minimum absolute atomic E-state index is 0.0961. The van der Waals surface area contributed by atoms with Crippen molar-refractivity contribution in [3.8, 4) is 11.4 Å². The number of carbonyl (C=O) groups is 2. The number of carbonyl (C=O) groups excluding carboxylic acids is 2. The molecular formula is C19H19N5O3. The number of hydrazine groups is 1. The van der Waals surface area contributed by atoms with Gasteiger partial charge in [-0.25, -0.2) is 0 Å². The van der Waals surface area contributed by atoms with Crippen molar-refractivity contribution in [1.29, 1.82) is 0 Å². The molecule has 2 aromatic heterocycles. The number of aromatic nitrogens is 3. The maximum absolute atomic E-state index is 11.9. The van der Waals surface area contributed by atoms with Crippen molar-refractivity contribution >= 4 is 11.8 Å². The van der Waals surface area contributed by atoms with Crippen LogP contribution in [0.1, 0.15) is 35.3 Å². The molecule has 0 unspecified atom stereocenters. The average molecular weight is 365 g/mol. The molecule has 27 heavy (non-hydrogen) atoms. The fourth-order valence-corrected chi connectivity index (χ4v) is 2.33. The fraction of sp³-hybridized carbons (Fsp3) is 0.211. The minimum atomic E-state index is -0.487. The molecule has 3 aromatic rings. The van der Waals surface area contributed by atoms with Gasteiger partial charge in [0.2, 0.25) is 17.6 Å². The predicted octanol–water partition coefficient (Wildman–Crippen LogP) is 2.09. The molecule has 0 radical (unpaired) electrons. The first kappa shape index (κ1) is 18.2. The lowest BCUT2D eigenvalue weighted by Gasteiger charge is -2.05. The van der Waals surface area contributed by atoms with Gasteiger partial charge in [0, 0.05) is 24.6 Å². The fourth-order valence-electron chi connectivity index (χ4n) is 2.33. The summed E-state index contributed by atoms with van der Waals surface area (Å²) in [6, 6.07) is 12.8. The highest BCUT2D eigenvalue weighted by atomic mass is 16.5. The summed E-state index contributed by atoms with van der Waals surface area (Å²) in [5, 5.41) is 3.94. The van der Waals surface area contributed by atoms with Gasteiger partial charge in [0.1, 0.15) is 5.69 Å². The molecule has 8 heteroatoms. The summed E-state index contributed by atoms with van der Waals surface area (Å²) in [5.41, 5.74) is 6.94. The van der Waals surface area contributed by atoms with E-state index in [9.17, 15) is 9.59 Å². The molecule has 0 bridgehead atoms. The Balaban J connectivity index is 1.48. The number of amides is 2. The van der Waals surface area contributed by atoms with E-state index in [1.807, 2.05) is 24.3 Å². The van der Waals surface area contributed by atoms with E-state index >= 15 is 0 Å². The Morgan fingerprint density at radius 3 is 2.59 bits per heavy atom. The van der Waals surface area contributed by atoms with Gasteiger partial charge in [-0.2, -0.15) is 4.98 Å². The zero-order chi connectivity index (χ0) is 19.1. The van der Waals surface area contributed by atoms with E-state index in [0.29, 0.717) is 11.7 Å². The van der Waals surface area contributed by atoms with Gasteiger partial charge < -0.3 is 4.52 Å². The average Bonchev–Trinajstić information content (AvgIpc) is 3.20. The van der Waals surface area contributed by atoms with Crippen LogP contribution < -0.4 is 10.9 Å². The van der Waals surface area contributed by atoms with Crippen molar-refractivity contribution < 1.29 is 14.1 Å². The Hall–Kier alpha value is -3.55. The van der Waals surface area contributed by atoms with Crippen LogP contribution >= 0.6 is 0 Å². The molecule has 0 saturated heterocycles. The van der Waals surface area contributed by atoms with Crippen LogP contribution in [0, 0.1) is 0 Å². The Labute approximate surface area is 156 Å². The minimum Gasteiger partial charge on any atom is -0.339 e. The standard InChI is InChI=1S/C19H19N5O3/c1-2-13-6-8-14(9-7-13)18-21-17(27-24-18)11-10-16(25)22-23-19(26)15-5-3-4-12-20-15/h3-9,12H,2,10-11H2,1H3,(H,22,25)(H,23,26). The van der Waals surface area contributed by atoms with Gasteiger partial charge in [-0.1, -0.05) is 42.4 Å². The second-order valence-corrected chi connectivity index (χ2v) is 5.78. The molecule has 2 amide bonds. The van der Waals surface area contributed by atoms with Crippen molar-refractivity contribution in [3.05, 3.63) is 65.8 Å². The number of nitrogens with zero attached hydrogens (tertiary/aromatic N) is 3. The van der Waals surface area contributed by atoms with Crippen LogP contribution in [0.5, 0.6) is 0 Å². The third kappa shape index (κ3) is 4.97. The monoisotopic (exact) mass is 365 g/mol. The topological polar surface area (TPSA) is 110 Å². The Bertz CT molecular complexity index is 907. The highest BCUT2D eigenvalue weighted by molar-refractivity contribution is 5.93. The van der Waals surface area contributed by atoms with Gasteiger partial charge in [0.25, 0.3) is 5.91 Å². The Kier molecular flexibility index (Phi) is 5.88. The van der Waals surface area contributed by atoms with E-state index in [-0.39, 0.29) is 24.4 Å². The van der Waals surface area contributed by atoms with Crippen LogP contribution in [-0.4, -0.2) is 26.9 Å². The maximum atomic E-state index is 11.9. The number of pyridine rings is 1. The van der Waals surface area contributed by atoms with Gasteiger partial charge in [-0.3, -0.25) is 25.4 Å². The molecule has 0 fully saturated rings. The van der Waals surface area contributed by atoms with Gasteiger partial charge >= 0.3 is 0 Å². The molecule has 0 atom stereocenters. The van der Waals surface area contributed by atoms with Gasteiger partial charge in [-0.05, 0) is 24.1 Å². The first-order valence-corrected chi connectivity index (χ1v) is 8.58. The number of rotatable bonds is 6. The molecule has 2 heterocycles. The van der Waals surface area contributed by atoms with Crippen molar-refractivity contribution in [2.24, 2.45) is 0 Å². The summed E-state index contributed by atoms with van der Waals surface area (Å²) in [6.45, 7) is 2.09. The Morgan fingerprint density at radius 1 is 1.07 bits per heavy atom. The van der Waals surface area contributed by atoms with Crippen molar-refractivity contribution in [1.82, 2.24) is 26.0 Å². The van der Waals surface area contributed by atoms with Gasteiger partial charge in [-0.15, -0.1) is 0 Å². The molecule has 8 nitrogen and oxygen atoms in total. The van der Waals surface area contributed by atoms with Crippen LogP contribution in [0.25, 0.3) is 11.4 Å². The SMILES string of the molecule is CCc1ccc(-c2noc(CCC(=O)NNC(=O)c3ccccn3)n2)cc1. The molecule has 138 valence electrons. The zero-order valence-corrected chi connectivity index (χ0v) is 14.8. The first-order valence-electron chi connectivity index (χ1n) is 8.58. The zero-order valence-electron chi connectivity index (χ0n) is 14.8. The van der Waals surface area contributed by atoms with Crippen LogP contribution in [0.3, 0.4) is 0 Å². The molecule has 0 saturated carbocycles. The molecule has 1 aromatic carbocycles. The van der Waals surface area contributed by atoms with E-state index in [0.717, 1.165) is 12.0 Å². The molecule has 2 N–H and O–H groups in total. The van der Waals surface area contributed by atoms with Crippen LogP contribution in [0.2, 0.25) is 0 Å². The summed E-state index contributed by atoms with van der Waals surface area (Å²) in [5.74, 6) is -0.0156. The third-order valence-electron chi connectivity index (χ3n) is 3.87. The number of aryl methyl sites for hydroxylation is 2. The highest BCUT2D eigenvalue weighted by Crippen LogP contribution is 2.17. The Morgan fingerprint density at radius 2 is 1.89 bits per heavy atom. The summed E-state index contributed by atoms with van der Waals surface area (Å²) in [4.78, 5) is 31.9. The molecular weight excluding hydrogens is 346 g/mol. The molecule has 3 rings (SSSR count). The molecule has 0 spiro atoms. The second kappa shape index (κ2) is 8.70. The van der Waals surface area contributed by atoms with E-state index < -0.39 is 5.91 Å². The summed E-state index contributed by atoms with van der Waals surface area (Å²) >= 11 is 0. The van der Waals surface area contributed by atoms with E-state index in [2.05, 4.69) is 32.9 Å². The lowest BCUT2D eigenvalue weighted by Crippen LogP contribution is -2.42. The molecule has 0 aliphatic rings. The highest BCUT2D eigenvalue weighted by Gasteiger charge is 2.12. The second-order valence-electron chi connectivity index (χ2n) is 5.78. The number of hydrogen-bond acceptors (Lipinski definition) is 6. The van der Waals surface area contributed by atoms with E-state index in [1.54, 1.807) is 18.2 Å². The molecule has 0 aliphatic carbocycles. The van der Waals surface area contributed by atoms with Crippen LogP contribution in [-0.2, 0) is 17.6 Å². The maximum Gasteiger partial charge on any atom is 0.288 e.